The molecule has 0 atom stereocenters. The molecule has 36 valence electrons. The van der Waals surface area contributed by atoms with Crippen molar-refractivity contribution in [2.45, 2.75) is 0 Å². The average molecular weight is 124 g/mol. The van der Waals surface area contributed by atoms with Gasteiger partial charge in [-0.05, 0) is 0 Å². The topological polar surface area (TPSA) is 35.8 Å². The predicted octanol–water partition coefficient (Wildman–Crippen LogP) is -0.673. The minimum atomic E-state index is 0. The molecule has 0 radical (unpaired) electrons. The molecule has 3 heteroatoms. The average Bonchev–Trinajstić information content (AvgIpc) is 1.61. The first-order valence-electron chi connectivity index (χ1n) is 1.64. The van der Waals surface area contributed by atoms with Crippen LogP contribution < -0.4 is 5.32 Å². The summed E-state index contributed by atoms with van der Waals surface area (Å²) in [7, 11) is 0. The van der Waals surface area contributed by atoms with Crippen LogP contribution in [-0.2, 0) is 0 Å². The molecule has 2 nitrogen and oxygen atoms in total. The van der Waals surface area contributed by atoms with Crippen molar-refractivity contribution in [1.82, 2.24) is 5.32 Å². The van der Waals surface area contributed by atoms with E-state index in [0.717, 1.165) is 0 Å². The summed E-state index contributed by atoms with van der Waals surface area (Å²) in [6.45, 7) is 3.95. The molecule has 0 rings (SSSR count). The van der Waals surface area contributed by atoms with Crippen molar-refractivity contribution in [3.05, 3.63) is 12.7 Å². The Kier molecular flexibility index (Phi) is 14.1. The van der Waals surface area contributed by atoms with Gasteiger partial charge in [-0.15, -0.1) is 6.58 Å². The molecule has 0 aromatic carbocycles. The Bertz CT molecular complexity index is 74.2. The molecule has 0 spiro atoms. The Hall–Kier alpha value is 0.290. The molecule has 0 aromatic heterocycles. The molecule has 0 aromatic rings. The van der Waals surface area contributed by atoms with Gasteiger partial charge in [-0.1, -0.05) is 6.08 Å². The number of rotatable bonds is 2. The first-order chi connectivity index (χ1) is 2.91. The summed E-state index contributed by atoms with van der Waals surface area (Å²) in [5, 5.41) is 10.2. The molecule has 0 amide bonds. The fourth-order valence-corrected chi connectivity index (χ4v) is 0.118. The summed E-state index contributed by atoms with van der Waals surface area (Å²) >= 11 is 0. The Morgan fingerprint density at radius 1 is 1.86 bits per heavy atom. The van der Waals surface area contributed by atoms with E-state index >= 15 is 0 Å². The standard InChI is InChI=1S/C4H6N2.Ca.2H/c1-2-3-6-4-5;;;/h2,6H,1,3H2;;;. The van der Waals surface area contributed by atoms with Crippen molar-refractivity contribution in [1.29, 1.82) is 5.26 Å². The van der Waals surface area contributed by atoms with Crippen LogP contribution in [0, 0.1) is 11.5 Å². The van der Waals surface area contributed by atoms with Crippen molar-refractivity contribution in [2.75, 3.05) is 6.54 Å². The normalized spacial score (nSPS) is 5.00. The Morgan fingerprint density at radius 3 is 2.57 bits per heavy atom. The molecule has 0 unspecified atom stereocenters. The van der Waals surface area contributed by atoms with E-state index in [1.54, 1.807) is 12.3 Å². The fourth-order valence-electron chi connectivity index (χ4n) is 0.118. The maximum absolute atomic E-state index is 7.79. The minimum absolute atomic E-state index is 0. The molecule has 0 aliphatic rings. The first-order valence-corrected chi connectivity index (χ1v) is 1.64. The number of nitrogens with one attached hydrogen (secondary N) is 1. The van der Waals surface area contributed by atoms with Gasteiger partial charge in [0, 0.05) is 6.54 Å². The third-order valence-corrected chi connectivity index (χ3v) is 0.325. The van der Waals surface area contributed by atoms with Crippen molar-refractivity contribution in [2.24, 2.45) is 0 Å². The van der Waals surface area contributed by atoms with Gasteiger partial charge in [0.2, 0.25) is 0 Å². The van der Waals surface area contributed by atoms with Crippen molar-refractivity contribution in [3.8, 4) is 6.19 Å². The maximum atomic E-state index is 7.79. The molecule has 0 aliphatic carbocycles. The van der Waals surface area contributed by atoms with Gasteiger partial charge >= 0.3 is 37.7 Å². The number of nitriles is 1. The van der Waals surface area contributed by atoms with E-state index in [4.69, 9.17) is 5.26 Å². The molecule has 0 heterocycles. The van der Waals surface area contributed by atoms with Gasteiger partial charge in [0.25, 0.3) is 0 Å². The van der Waals surface area contributed by atoms with E-state index in [1.807, 2.05) is 0 Å². The number of nitrogens with zero attached hydrogens (tertiary/aromatic N) is 1. The van der Waals surface area contributed by atoms with Crippen LogP contribution in [0.5, 0.6) is 0 Å². The number of hydrogen-bond donors (Lipinski definition) is 1. The molecule has 0 bridgehead atoms. The third kappa shape index (κ3) is 10.7. The van der Waals surface area contributed by atoms with Gasteiger partial charge in [-0.3, -0.25) is 0 Å². The van der Waals surface area contributed by atoms with Crippen LogP contribution in [0.4, 0.5) is 0 Å². The fraction of sp³-hybridized carbons (Fsp3) is 0.250. The summed E-state index contributed by atoms with van der Waals surface area (Å²) in [6, 6.07) is 0. The third-order valence-electron chi connectivity index (χ3n) is 0.325. The summed E-state index contributed by atoms with van der Waals surface area (Å²) in [4.78, 5) is 0. The van der Waals surface area contributed by atoms with Crippen LogP contribution in [0.25, 0.3) is 0 Å². The van der Waals surface area contributed by atoms with E-state index in [2.05, 4.69) is 11.9 Å². The van der Waals surface area contributed by atoms with E-state index < -0.39 is 0 Å². The zero-order valence-corrected chi connectivity index (χ0v) is 3.44. The molecule has 0 fully saturated rings. The summed E-state index contributed by atoms with van der Waals surface area (Å²) in [6.07, 6.45) is 3.38. The molecule has 0 saturated carbocycles. The van der Waals surface area contributed by atoms with Crippen LogP contribution in [-0.4, -0.2) is 44.3 Å². The van der Waals surface area contributed by atoms with Gasteiger partial charge in [-0.25, -0.2) is 0 Å². The Morgan fingerprint density at radius 2 is 2.43 bits per heavy atom. The van der Waals surface area contributed by atoms with Gasteiger partial charge in [0.15, 0.2) is 6.19 Å². The summed E-state index contributed by atoms with van der Waals surface area (Å²) < 4.78 is 0. The van der Waals surface area contributed by atoms with Crippen molar-refractivity contribution >= 4 is 37.7 Å². The summed E-state index contributed by atoms with van der Waals surface area (Å²) in [5.74, 6) is 0. The second-order valence-corrected chi connectivity index (χ2v) is 0.781. The van der Waals surface area contributed by atoms with E-state index in [-0.39, 0.29) is 37.7 Å². The molecular weight excluding hydrogens is 116 g/mol. The summed E-state index contributed by atoms with van der Waals surface area (Å²) in [5.41, 5.74) is 0. The Labute approximate surface area is 73.2 Å². The quantitative estimate of drug-likeness (QED) is 0.174. The first kappa shape index (κ1) is 10.3. The molecule has 1 N–H and O–H groups in total. The second kappa shape index (κ2) is 9.56. The predicted molar refractivity (Wildman–Crippen MR) is 32.4 cm³/mol. The van der Waals surface area contributed by atoms with Crippen LogP contribution in [0.2, 0.25) is 0 Å². The van der Waals surface area contributed by atoms with Crippen LogP contribution in [0.3, 0.4) is 0 Å². The van der Waals surface area contributed by atoms with Gasteiger partial charge in [-0.2, -0.15) is 5.26 Å². The molecular formula is C4H8CaN2. The van der Waals surface area contributed by atoms with Gasteiger partial charge in [0.1, 0.15) is 0 Å². The van der Waals surface area contributed by atoms with Crippen LogP contribution in [0.15, 0.2) is 12.7 Å². The van der Waals surface area contributed by atoms with Crippen LogP contribution in [0.1, 0.15) is 0 Å². The van der Waals surface area contributed by atoms with Crippen LogP contribution >= 0.6 is 0 Å². The molecule has 7 heavy (non-hydrogen) atoms. The Balaban J connectivity index is 0. The van der Waals surface area contributed by atoms with Crippen molar-refractivity contribution in [3.63, 3.8) is 0 Å². The van der Waals surface area contributed by atoms with E-state index in [1.165, 1.54) is 0 Å². The van der Waals surface area contributed by atoms with Gasteiger partial charge in [0.05, 0.1) is 0 Å². The molecule has 0 aliphatic heterocycles. The zero-order valence-electron chi connectivity index (χ0n) is 3.44. The number of hydrogen-bond acceptors (Lipinski definition) is 2. The molecule has 0 saturated heterocycles. The van der Waals surface area contributed by atoms with E-state index in [0.29, 0.717) is 6.54 Å². The van der Waals surface area contributed by atoms with E-state index in [9.17, 15) is 0 Å². The SMILES string of the molecule is C=CCNC#N.[CaH2]. The van der Waals surface area contributed by atoms with Gasteiger partial charge < -0.3 is 5.32 Å². The monoisotopic (exact) mass is 124 g/mol. The second-order valence-electron chi connectivity index (χ2n) is 0.781. The zero-order chi connectivity index (χ0) is 4.83. The van der Waals surface area contributed by atoms with Crippen molar-refractivity contribution < 1.29 is 0 Å².